The third-order valence-electron chi connectivity index (χ3n) is 2.39. The van der Waals surface area contributed by atoms with Crippen LogP contribution in [0.3, 0.4) is 0 Å². The summed E-state index contributed by atoms with van der Waals surface area (Å²) in [4.78, 5) is 0. The molecule has 0 aliphatic carbocycles. The van der Waals surface area contributed by atoms with E-state index in [-0.39, 0.29) is 0 Å². The molecule has 0 saturated heterocycles. The fraction of sp³-hybridized carbons (Fsp3) is 0.846. The maximum absolute atomic E-state index is 5.46. The largest absolute Gasteiger partial charge is 0.407 e. The summed E-state index contributed by atoms with van der Waals surface area (Å²) < 4.78 is 10.8. The summed E-state index contributed by atoms with van der Waals surface area (Å²) >= 11 is 0. The van der Waals surface area contributed by atoms with Crippen molar-refractivity contribution >= 4 is 6.01 Å². The lowest BCUT2D eigenvalue weighted by molar-refractivity contribution is 0.134. The van der Waals surface area contributed by atoms with Crippen molar-refractivity contribution in [3.63, 3.8) is 0 Å². The minimum atomic E-state index is 0.483. The molecule has 0 fully saturated rings. The number of anilines is 1. The first-order chi connectivity index (χ1) is 9.22. The third-order valence-corrected chi connectivity index (χ3v) is 2.39. The Morgan fingerprint density at radius 3 is 2.84 bits per heavy atom. The summed E-state index contributed by atoms with van der Waals surface area (Å²) in [6, 6.07) is 0.483. The first-order valence-electron chi connectivity index (χ1n) is 7.07. The molecule has 1 aromatic heterocycles. The maximum Gasteiger partial charge on any atom is 0.315 e. The van der Waals surface area contributed by atoms with Crippen molar-refractivity contribution in [2.24, 2.45) is 5.92 Å². The molecule has 0 bridgehead atoms. The molecule has 0 saturated carbocycles. The average molecular weight is 270 g/mol. The van der Waals surface area contributed by atoms with Gasteiger partial charge in [0.1, 0.15) is 0 Å². The fourth-order valence-corrected chi connectivity index (χ4v) is 1.48. The van der Waals surface area contributed by atoms with Crippen LogP contribution >= 0.6 is 0 Å². The molecule has 0 atom stereocenters. The highest BCUT2D eigenvalue weighted by atomic mass is 16.5. The normalized spacial score (nSPS) is 11.2. The molecule has 1 heterocycles. The minimum absolute atomic E-state index is 0.483. The Kier molecular flexibility index (Phi) is 8.16. The molecule has 1 rings (SSSR count). The second-order valence-corrected chi connectivity index (χ2v) is 4.92. The zero-order valence-corrected chi connectivity index (χ0v) is 12.2. The maximum atomic E-state index is 5.46. The van der Waals surface area contributed by atoms with Crippen molar-refractivity contribution in [1.82, 2.24) is 15.5 Å². The Labute approximate surface area is 115 Å². The zero-order chi connectivity index (χ0) is 13.9. The van der Waals surface area contributed by atoms with E-state index in [9.17, 15) is 0 Å². The monoisotopic (exact) mass is 270 g/mol. The molecule has 6 heteroatoms. The van der Waals surface area contributed by atoms with Crippen molar-refractivity contribution in [3.05, 3.63) is 5.89 Å². The van der Waals surface area contributed by atoms with E-state index in [2.05, 4.69) is 41.6 Å². The van der Waals surface area contributed by atoms with Crippen molar-refractivity contribution in [1.29, 1.82) is 0 Å². The zero-order valence-electron chi connectivity index (χ0n) is 12.2. The van der Waals surface area contributed by atoms with Crippen LogP contribution in [0.2, 0.25) is 0 Å². The Balaban J connectivity index is 2.09. The molecule has 0 aliphatic rings. The van der Waals surface area contributed by atoms with Gasteiger partial charge in [-0.2, -0.15) is 0 Å². The van der Waals surface area contributed by atoms with Gasteiger partial charge in [0.05, 0.1) is 6.54 Å². The van der Waals surface area contributed by atoms with Crippen molar-refractivity contribution in [2.45, 2.75) is 40.2 Å². The molecule has 0 unspecified atom stereocenters. The number of nitrogens with zero attached hydrogens (tertiary/aromatic N) is 2. The summed E-state index contributed by atoms with van der Waals surface area (Å²) in [6.07, 6.45) is 1.99. The Bertz CT molecular complexity index is 328. The summed E-state index contributed by atoms with van der Waals surface area (Å²) in [6.45, 7) is 10.4. The van der Waals surface area contributed by atoms with Crippen molar-refractivity contribution in [3.8, 4) is 0 Å². The number of nitrogens with one attached hydrogen (secondary N) is 2. The van der Waals surface area contributed by atoms with Crippen LogP contribution in [0.1, 0.15) is 39.5 Å². The van der Waals surface area contributed by atoms with Crippen molar-refractivity contribution < 1.29 is 9.15 Å². The molecule has 0 aromatic carbocycles. The van der Waals surface area contributed by atoms with E-state index < -0.39 is 0 Å². The summed E-state index contributed by atoms with van der Waals surface area (Å²) in [5, 5.41) is 14.3. The van der Waals surface area contributed by atoms with Crippen LogP contribution < -0.4 is 10.6 Å². The van der Waals surface area contributed by atoms with Gasteiger partial charge in [0.15, 0.2) is 0 Å². The van der Waals surface area contributed by atoms with Crippen LogP contribution in [-0.4, -0.2) is 36.5 Å². The summed E-state index contributed by atoms with van der Waals surface area (Å²) in [5.74, 6) is 1.23. The van der Waals surface area contributed by atoms with Gasteiger partial charge in [0.2, 0.25) is 5.89 Å². The van der Waals surface area contributed by atoms with Gasteiger partial charge >= 0.3 is 6.01 Å². The van der Waals surface area contributed by atoms with Crippen LogP contribution in [0.5, 0.6) is 0 Å². The predicted molar refractivity (Wildman–Crippen MR) is 75.1 cm³/mol. The molecule has 19 heavy (non-hydrogen) atoms. The Morgan fingerprint density at radius 2 is 2.11 bits per heavy atom. The lowest BCUT2D eigenvalue weighted by atomic mass is 10.2. The van der Waals surface area contributed by atoms with E-state index in [0.717, 1.165) is 39.1 Å². The molecule has 1 aromatic rings. The number of aromatic nitrogens is 2. The van der Waals surface area contributed by atoms with E-state index in [0.29, 0.717) is 24.4 Å². The molecule has 0 aliphatic heterocycles. The number of hydrogen-bond donors (Lipinski definition) is 2. The minimum Gasteiger partial charge on any atom is -0.407 e. The van der Waals surface area contributed by atoms with Gasteiger partial charge < -0.3 is 19.8 Å². The molecule has 6 nitrogen and oxygen atoms in total. The predicted octanol–water partition coefficient (Wildman–Crippen LogP) is 2.04. The molecule has 2 N–H and O–H groups in total. The number of ether oxygens (including phenoxy) is 1. The topological polar surface area (TPSA) is 72.2 Å². The Morgan fingerprint density at radius 1 is 1.26 bits per heavy atom. The molecule has 0 amide bonds. The average Bonchev–Trinajstić information content (AvgIpc) is 2.81. The molecular weight excluding hydrogens is 244 g/mol. The molecule has 0 spiro atoms. The van der Waals surface area contributed by atoms with Gasteiger partial charge in [0.25, 0.3) is 0 Å². The van der Waals surface area contributed by atoms with Gasteiger partial charge in [-0.15, -0.1) is 5.10 Å². The van der Waals surface area contributed by atoms with Crippen molar-refractivity contribution in [2.75, 3.05) is 31.6 Å². The second kappa shape index (κ2) is 9.75. The highest BCUT2D eigenvalue weighted by molar-refractivity contribution is 5.16. The Hall–Kier alpha value is -1.14. The smallest absolute Gasteiger partial charge is 0.315 e. The highest BCUT2D eigenvalue weighted by Gasteiger charge is 2.05. The lowest BCUT2D eigenvalue weighted by Crippen LogP contribution is -2.19. The number of rotatable bonds is 11. The van der Waals surface area contributed by atoms with E-state index in [1.54, 1.807) is 0 Å². The van der Waals surface area contributed by atoms with E-state index >= 15 is 0 Å². The van der Waals surface area contributed by atoms with Crippen LogP contribution in [0.15, 0.2) is 4.42 Å². The summed E-state index contributed by atoms with van der Waals surface area (Å²) in [7, 11) is 0. The second-order valence-electron chi connectivity index (χ2n) is 4.92. The quantitative estimate of drug-likeness (QED) is 0.600. The number of hydrogen-bond acceptors (Lipinski definition) is 6. The van der Waals surface area contributed by atoms with Gasteiger partial charge in [-0.25, -0.2) is 0 Å². The van der Waals surface area contributed by atoms with Gasteiger partial charge in [0, 0.05) is 19.8 Å². The molecule has 0 radical (unpaired) electrons. The summed E-state index contributed by atoms with van der Waals surface area (Å²) in [5.41, 5.74) is 0. The standard InChI is InChI=1S/C13H26N4O2/c1-4-7-18-8-5-6-15-13-17-16-12(19-13)10-14-9-11(2)3/h11,14H,4-10H2,1-3H3,(H,15,17). The van der Waals surface area contributed by atoms with Crippen LogP contribution in [0.25, 0.3) is 0 Å². The van der Waals surface area contributed by atoms with E-state index in [1.165, 1.54) is 0 Å². The fourth-order valence-electron chi connectivity index (χ4n) is 1.48. The van der Waals surface area contributed by atoms with Gasteiger partial charge in [-0.05, 0) is 25.3 Å². The van der Waals surface area contributed by atoms with Crippen LogP contribution in [0.4, 0.5) is 6.01 Å². The van der Waals surface area contributed by atoms with Gasteiger partial charge in [-0.3, -0.25) is 0 Å². The molecular formula is C13H26N4O2. The first kappa shape index (κ1) is 15.9. The van der Waals surface area contributed by atoms with E-state index in [4.69, 9.17) is 9.15 Å². The lowest BCUT2D eigenvalue weighted by Gasteiger charge is -2.04. The van der Waals surface area contributed by atoms with Crippen LogP contribution in [-0.2, 0) is 11.3 Å². The SMILES string of the molecule is CCCOCCCNc1nnc(CNCC(C)C)o1. The van der Waals surface area contributed by atoms with Crippen LogP contribution in [0, 0.1) is 5.92 Å². The first-order valence-corrected chi connectivity index (χ1v) is 7.07. The van der Waals surface area contributed by atoms with E-state index in [1.807, 2.05) is 0 Å². The van der Waals surface area contributed by atoms with Gasteiger partial charge in [-0.1, -0.05) is 25.9 Å². The highest BCUT2D eigenvalue weighted by Crippen LogP contribution is 2.05. The molecule has 110 valence electrons. The third kappa shape index (κ3) is 7.79.